The Balaban J connectivity index is 4.52. The van der Waals surface area contributed by atoms with Gasteiger partial charge in [-0.05, 0) is 0 Å². The minimum absolute atomic E-state index is 0.0490. The first-order valence-corrected chi connectivity index (χ1v) is 4.62. The average molecular weight is 235 g/mol. The van der Waals surface area contributed by atoms with E-state index in [2.05, 4.69) is 6.58 Å². The number of primary amides is 1. The zero-order chi connectivity index (χ0) is 12.7. The van der Waals surface area contributed by atoms with Crippen LogP contribution in [0, 0.1) is 0 Å². The second kappa shape index (κ2) is 7.31. The Morgan fingerprint density at radius 2 is 1.94 bits per heavy atom. The summed E-state index contributed by atoms with van der Waals surface area (Å²) in [4.78, 5) is 10.9. The van der Waals surface area contributed by atoms with Crippen molar-refractivity contribution >= 4 is 5.91 Å². The van der Waals surface area contributed by atoms with Crippen molar-refractivity contribution in [1.29, 1.82) is 0 Å². The summed E-state index contributed by atoms with van der Waals surface area (Å²) in [7, 11) is 0. The molecule has 0 unspecified atom stereocenters. The van der Waals surface area contributed by atoms with Gasteiger partial charge in [-0.1, -0.05) is 6.08 Å². The molecular formula is C9H17NO6. The zero-order valence-corrected chi connectivity index (χ0v) is 8.69. The van der Waals surface area contributed by atoms with Crippen molar-refractivity contribution in [3.05, 3.63) is 12.7 Å². The normalized spacial score (nSPS) is 18.5. The second-order valence-corrected chi connectivity index (χ2v) is 3.18. The standard InChI is InChI=1S/C9H17NO6/c1-2-3-16-8(9(10)15)7(14)6(13)5(12)4-11/h2,5-8,11-14H,1,3-4H2,(H2,10,15)/t5-,6-,7+,8-/m1/s1. The first-order valence-electron chi connectivity index (χ1n) is 4.62. The number of ether oxygens (including phenoxy) is 1. The summed E-state index contributed by atoms with van der Waals surface area (Å²) in [6.07, 6.45) is -5.18. The fourth-order valence-electron chi connectivity index (χ4n) is 1.04. The topological polar surface area (TPSA) is 133 Å². The molecule has 1 amide bonds. The predicted molar refractivity (Wildman–Crippen MR) is 54.2 cm³/mol. The van der Waals surface area contributed by atoms with Gasteiger partial charge in [-0.2, -0.15) is 0 Å². The third-order valence-electron chi connectivity index (χ3n) is 1.92. The zero-order valence-electron chi connectivity index (χ0n) is 8.69. The molecule has 0 radical (unpaired) electrons. The van der Waals surface area contributed by atoms with Gasteiger partial charge in [0.25, 0.3) is 0 Å². The second-order valence-electron chi connectivity index (χ2n) is 3.18. The summed E-state index contributed by atoms with van der Waals surface area (Å²) in [5, 5.41) is 36.4. The Hall–Kier alpha value is -0.990. The third kappa shape index (κ3) is 4.25. The molecule has 94 valence electrons. The van der Waals surface area contributed by atoms with Crippen molar-refractivity contribution < 1.29 is 30.0 Å². The van der Waals surface area contributed by atoms with Crippen LogP contribution in [-0.4, -0.2) is 64.0 Å². The molecule has 0 aliphatic rings. The molecule has 0 aromatic carbocycles. The first-order chi connectivity index (χ1) is 7.45. The number of nitrogens with two attached hydrogens (primary N) is 1. The number of rotatable bonds is 8. The molecule has 0 aliphatic heterocycles. The maximum absolute atomic E-state index is 10.9. The van der Waals surface area contributed by atoms with Gasteiger partial charge in [-0.15, -0.1) is 6.58 Å². The van der Waals surface area contributed by atoms with Crippen LogP contribution < -0.4 is 5.73 Å². The summed E-state index contributed by atoms with van der Waals surface area (Å²) in [5.41, 5.74) is 4.94. The van der Waals surface area contributed by atoms with Crippen molar-refractivity contribution in [3.8, 4) is 0 Å². The lowest BCUT2D eigenvalue weighted by molar-refractivity contribution is -0.153. The average Bonchev–Trinajstić information content (AvgIpc) is 2.26. The van der Waals surface area contributed by atoms with Gasteiger partial charge < -0.3 is 30.9 Å². The van der Waals surface area contributed by atoms with Crippen LogP contribution >= 0.6 is 0 Å². The maximum atomic E-state index is 10.9. The lowest BCUT2D eigenvalue weighted by Crippen LogP contribution is -2.51. The SMILES string of the molecule is C=CCO[C@@H](C(N)=O)[C@@H](O)[C@H](O)[C@H](O)CO. The highest BCUT2D eigenvalue weighted by Gasteiger charge is 2.34. The van der Waals surface area contributed by atoms with Crippen molar-refractivity contribution in [2.24, 2.45) is 5.73 Å². The quantitative estimate of drug-likeness (QED) is 0.287. The number of hydrogen-bond donors (Lipinski definition) is 5. The summed E-state index contributed by atoms with van der Waals surface area (Å²) in [5.74, 6) is -0.987. The summed E-state index contributed by atoms with van der Waals surface area (Å²) in [6, 6.07) is 0. The Labute approximate surface area is 92.8 Å². The summed E-state index contributed by atoms with van der Waals surface area (Å²) in [6.45, 7) is 2.53. The smallest absolute Gasteiger partial charge is 0.249 e. The van der Waals surface area contributed by atoms with E-state index in [1.54, 1.807) is 0 Å². The molecule has 0 aromatic heterocycles. The minimum Gasteiger partial charge on any atom is -0.394 e. The predicted octanol–water partition coefficient (Wildman–Crippen LogP) is -2.88. The molecule has 0 aliphatic carbocycles. The van der Waals surface area contributed by atoms with Crippen LogP contribution in [0.4, 0.5) is 0 Å². The van der Waals surface area contributed by atoms with Crippen LogP contribution in [0.15, 0.2) is 12.7 Å². The summed E-state index contributed by atoms with van der Waals surface area (Å²) < 4.78 is 4.83. The molecule has 0 saturated carbocycles. The Morgan fingerprint density at radius 1 is 1.38 bits per heavy atom. The molecular weight excluding hydrogens is 218 g/mol. The first kappa shape index (κ1) is 15.0. The van der Waals surface area contributed by atoms with Crippen LogP contribution in [0.2, 0.25) is 0 Å². The maximum Gasteiger partial charge on any atom is 0.249 e. The van der Waals surface area contributed by atoms with Gasteiger partial charge in [-0.3, -0.25) is 4.79 Å². The Bertz CT molecular complexity index is 234. The Kier molecular flexibility index (Phi) is 6.86. The van der Waals surface area contributed by atoms with Crippen LogP contribution in [0.5, 0.6) is 0 Å². The highest BCUT2D eigenvalue weighted by Crippen LogP contribution is 2.08. The molecule has 4 atom stereocenters. The molecule has 0 spiro atoms. The van der Waals surface area contributed by atoms with Gasteiger partial charge in [0.05, 0.1) is 13.2 Å². The van der Waals surface area contributed by atoms with Crippen LogP contribution in [-0.2, 0) is 9.53 Å². The largest absolute Gasteiger partial charge is 0.394 e. The van der Waals surface area contributed by atoms with E-state index in [1.807, 2.05) is 0 Å². The molecule has 7 heteroatoms. The fraction of sp³-hybridized carbons (Fsp3) is 0.667. The number of carbonyl (C=O) groups is 1. The number of aliphatic hydroxyl groups is 4. The van der Waals surface area contributed by atoms with Gasteiger partial charge >= 0.3 is 0 Å². The van der Waals surface area contributed by atoms with Crippen molar-refractivity contribution in [3.63, 3.8) is 0 Å². The van der Waals surface area contributed by atoms with E-state index in [4.69, 9.17) is 20.7 Å². The lowest BCUT2D eigenvalue weighted by Gasteiger charge is -2.26. The molecule has 16 heavy (non-hydrogen) atoms. The van der Waals surface area contributed by atoms with Crippen LogP contribution in [0.1, 0.15) is 0 Å². The molecule has 0 bridgehead atoms. The van der Waals surface area contributed by atoms with Gasteiger partial charge in [0, 0.05) is 0 Å². The number of carbonyl (C=O) groups excluding carboxylic acids is 1. The molecule has 0 aromatic rings. The van der Waals surface area contributed by atoms with E-state index in [-0.39, 0.29) is 6.61 Å². The molecule has 0 rings (SSSR count). The highest BCUT2D eigenvalue weighted by atomic mass is 16.5. The van der Waals surface area contributed by atoms with Crippen molar-refractivity contribution in [1.82, 2.24) is 0 Å². The van der Waals surface area contributed by atoms with Crippen molar-refractivity contribution in [2.75, 3.05) is 13.2 Å². The molecule has 0 fully saturated rings. The van der Waals surface area contributed by atoms with E-state index in [1.165, 1.54) is 6.08 Å². The third-order valence-corrected chi connectivity index (χ3v) is 1.92. The van der Waals surface area contributed by atoms with E-state index >= 15 is 0 Å². The van der Waals surface area contributed by atoms with E-state index in [0.29, 0.717) is 0 Å². The molecule has 7 nitrogen and oxygen atoms in total. The minimum atomic E-state index is -1.73. The Morgan fingerprint density at radius 3 is 2.31 bits per heavy atom. The van der Waals surface area contributed by atoms with Gasteiger partial charge in [-0.25, -0.2) is 0 Å². The lowest BCUT2D eigenvalue weighted by atomic mass is 10.0. The summed E-state index contributed by atoms with van der Waals surface area (Å²) >= 11 is 0. The van der Waals surface area contributed by atoms with Crippen molar-refractivity contribution in [2.45, 2.75) is 24.4 Å². The van der Waals surface area contributed by atoms with E-state index in [9.17, 15) is 15.0 Å². The highest BCUT2D eigenvalue weighted by molar-refractivity contribution is 5.79. The van der Waals surface area contributed by atoms with Crippen LogP contribution in [0.3, 0.4) is 0 Å². The van der Waals surface area contributed by atoms with Crippen LogP contribution in [0.25, 0.3) is 0 Å². The van der Waals surface area contributed by atoms with Gasteiger partial charge in [0.15, 0.2) is 6.10 Å². The number of hydrogen-bond acceptors (Lipinski definition) is 6. The molecule has 0 heterocycles. The molecule has 6 N–H and O–H groups in total. The fourth-order valence-corrected chi connectivity index (χ4v) is 1.04. The van der Waals surface area contributed by atoms with E-state index in [0.717, 1.165) is 0 Å². The monoisotopic (exact) mass is 235 g/mol. The number of amides is 1. The van der Waals surface area contributed by atoms with Gasteiger partial charge in [0.2, 0.25) is 5.91 Å². The van der Waals surface area contributed by atoms with Gasteiger partial charge in [0.1, 0.15) is 18.3 Å². The molecule has 0 saturated heterocycles. The van der Waals surface area contributed by atoms with E-state index < -0.39 is 36.9 Å². The number of aliphatic hydroxyl groups excluding tert-OH is 4.